The quantitative estimate of drug-likeness (QED) is 0.361. The van der Waals surface area contributed by atoms with Gasteiger partial charge < -0.3 is 19.4 Å². The smallest absolute Gasteiger partial charge is 0.549 e. The zero-order valence-corrected chi connectivity index (χ0v) is 22.1. The van der Waals surface area contributed by atoms with Crippen LogP contribution in [0.4, 0.5) is 0 Å². The van der Waals surface area contributed by atoms with Gasteiger partial charge in [-0.25, -0.2) is 0 Å². The van der Waals surface area contributed by atoms with Gasteiger partial charge in [0.05, 0.1) is 11.6 Å². The third kappa shape index (κ3) is 6.22. The summed E-state index contributed by atoms with van der Waals surface area (Å²) in [5.74, 6) is -0.522. The molecule has 0 aliphatic carbocycles. The van der Waals surface area contributed by atoms with Gasteiger partial charge >= 0.3 is 29.6 Å². The van der Waals surface area contributed by atoms with Crippen molar-refractivity contribution in [1.29, 1.82) is 0 Å². The van der Waals surface area contributed by atoms with Crippen LogP contribution in [0, 0.1) is 6.92 Å². The van der Waals surface area contributed by atoms with Gasteiger partial charge in [0.1, 0.15) is 17.2 Å². The van der Waals surface area contributed by atoms with E-state index in [4.69, 9.17) is 21.1 Å². The molecule has 1 atom stereocenters. The van der Waals surface area contributed by atoms with Gasteiger partial charge in [0, 0.05) is 35.5 Å². The second-order valence-corrected chi connectivity index (χ2v) is 8.57. The van der Waals surface area contributed by atoms with Crippen LogP contribution < -0.4 is 44.1 Å². The first-order valence-corrected chi connectivity index (χ1v) is 11.3. The topological polar surface area (TPSA) is 75.7 Å². The summed E-state index contributed by atoms with van der Waals surface area (Å²) in [5, 5.41) is 11.7. The van der Waals surface area contributed by atoms with Crippen molar-refractivity contribution < 1.29 is 53.7 Å². The van der Waals surface area contributed by atoms with Crippen LogP contribution in [0.2, 0.25) is 5.02 Å². The fourth-order valence-corrected chi connectivity index (χ4v) is 4.23. The SMILES string of the molecule is Cc1ccccc1CCCC(=O)c1ccc(Oc2cc3c(cc2Cl)C(C(=O)[O-])CCO3)cc1.[Na+]. The van der Waals surface area contributed by atoms with E-state index < -0.39 is 11.9 Å². The number of ketones is 1. The number of ether oxygens (including phenoxy) is 2. The Hall–Kier alpha value is -2.31. The molecule has 4 rings (SSSR count). The van der Waals surface area contributed by atoms with Crippen molar-refractivity contribution >= 4 is 23.4 Å². The first kappa shape index (κ1) is 26.3. The molecule has 0 saturated carbocycles. The Morgan fingerprint density at radius 3 is 2.56 bits per heavy atom. The summed E-state index contributed by atoms with van der Waals surface area (Å²) in [7, 11) is 0. The van der Waals surface area contributed by atoms with Crippen molar-refractivity contribution in [2.75, 3.05) is 6.61 Å². The molecule has 0 bridgehead atoms. The molecule has 0 saturated heterocycles. The maximum atomic E-state index is 12.6. The zero-order chi connectivity index (χ0) is 23.4. The second-order valence-electron chi connectivity index (χ2n) is 8.16. The molecule has 0 N–H and O–H groups in total. The van der Waals surface area contributed by atoms with E-state index in [-0.39, 0.29) is 47.0 Å². The monoisotopic (exact) mass is 486 g/mol. The summed E-state index contributed by atoms with van der Waals surface area (Å²) in [6.07, 6.45) is 2.48. The minimum absolute atomic E-state index is 0. The molecule has 170 valence electrons. The Kier molecular flexibility index (Phi) is 9.20. The number of fused-ring (bicyclic) bond motifs is 1. The van der Waals surface area contributed by atoms with Crippen molar-refractivity contribution in [2.45, 2.75) is 38.5 Å². The van der Waals surface area contributed by atoms with E-state index in [0.29, 0.717) is 41.2 Å². The number of carbonyl (C=O) groups excluding carboxylic acids is 2. The number of carboxylic acid groups (broad SMARTS) is 1. The van der Waals surface area contributed by atoms with Gasteiger partial charge in [0.15, 0.2) is 5.78 Å². The van der Waals surface area contributed by atoms with Crippen molar-refractivity contribution in [3.05, 3.63) is 87.9 Å². The van der Waals surface area contributed by atoms with Crippen LogP contribution in [0.5, 0.6) is 17.2 Å². The van der Waals surface area contributed by atoms with Gasteiger partial charge in [-0.2, -0.15) is 0 Å². The number of hydrogen-bond donors (Lipinski definition) is 0. The Morgan fingerprint density at radius 1 is 1.12 bits per heavy atom. The standard InChI is InChI=1S/C27H25ClO5.Na/c1-17-5-2-3-6-18(17)7-4-8-24(29)19-9-11-20(12-10-19)33-26-16-25-22(15-23(26)28)21(27(30)31)13-14-32-25;/h2-3,5-6,9-12,15-16,21H,4,7-8,13-14H2,1H3,(H,30,31);/q;+1/p-1. The Balaban J connectivity index is 0.00000324. The van der Waals surface area contributed by atoms with Crippen LogP contribution in [0.1, 0.15) is 52.2 Å². The Morgan fingerprint density at radius 2 is 1.85 bits per heavy atom. The first-order chi connectivity index (χ1) is 15.9. The van der Waals surface area contributed by atoms with E-state index in [1.54, 1.807) is 36.4 Å². The van der Waals surface area contributed by atoms with E-state index in [2.05, 4.69) is 19.1 Å². The third-order valence-electron chi connectivity index (χ3n) is 5.90. The maximum Gasteiger partial charge on any atom is 1.00 e. The van der Waals surface area contributed by atoms with Gasteiger partial charge in [-0.05, 0) is 67.6 Å². The van der Waals surface area contributed by atoms with E-state index in [1.807, 2.05) is 12.1 Å². The summed E-state index contributed by atoms with van der Waals surface area (Å²) in [5.41, 5.74) is 3.63. The molecular formula is C27H24ClNaO5. The molecule has 1 unspecified atom stereocenters. The molecule has 0 radical (unpaired) electrons. The number of rotatable bonds is 8. The summed E-state index contributed by atoms with van der Waals surface area (Å²) < 4.78 is 11.5. The maximum absolute atomic E-state index is 12.6. The molecule has 0 amide bonds. The fourth-order valence-electron chi connectivity index (χ4n) is 4.02. The average molecular weight is 487 g/mol. The number of benzene rings is 3. The second kappa shape index (κ2) is 11.9. The van der Waals surface area contributed by atoms with Crippen molar-refractivity contribution in [2.24, 2.45) is 0 Å². The Labute approximate surface area is 226 Å². The number of carbonyl (C=O) groups is 2. The van der Waals surface area contributed by atoms with Crippen LogP contribution in [0.15, 0.2) is 60.7 Å². The van der Waals surface area contributed by atoms with Crippen LogP contribution in [0.3, 0.4) is 0 Å². The van der Waals surface area contributed by atoms with E-state index in [0.717, 1.165) is 12.8 Å². The molecule has 0 fully saturated rings. The van der Waals surface area contributed by atoms with Crippen molar-refractivity contribution in [1.82, 2.24) is 0 Å². The number of Topliss-reactive ketones (excluding diaryl/α,β-unsaturated/α-hetero) is 1. The van der Waals surface area contributed by atoms with Crippen LogP contribution >= 0.6 is 11.6 Å². The molecule has 0 aromatic heterocycles. The van der Waals surface area contributed by atoms with E-state index >= 15 is 0 Å². The van der Waals surface area contributed by atoms with Gasteiger partial charge in [0.25, 0.3) is 0 Å². The molecular weight excluding hydrogens is 463 g/mol. The van der Waals surface area contributed by atoms with E-state index in [9.17, 15) is 14.7 Å². The molecule has 3 aromatic carbocycles. The molecule has 1 heterocycles. The summed E-state index contributed by atoms with van der Waals surface area (Å²) >= 11 is 6.33. The molecule has 3 aromatic rings. The minimum Gasteiger partial charge on any atom is -0.549 e. The predicted molar refractivity (Wildman–Crippen MR) is 124 cm³/mol. The predicted octanol–water partition coefficient (Wildman–Crippen LogP) is 2.27. The van der Waals surface area contributed by atoms with Crippen molar-refractivity contribution in [3.63, 3.8) is 0 Å². The van der Waals surface area contributed by atoms with Crippen LogP contribution in [0.25, 0.3) is 0 Å². The largest absolute Gasteiger partial charge is 1.00 e. The molecule has 0 spiro atoms. The fraction of sp³-hybridized carbons (Fsp3) is 0.259. The van der Waals surface area contributed by atoms with Gasteiger partial charge in [-0.15, -0.1) is 0 Å². The van der Waals surface area contributed by atoms with Crippen LogP contribution in [-0.2, 0) is 11.2 Å². The van der Waals surface area contributed by atoms with Crippen LogP contribution in [-0.4, -0.2) is 18.4 Å². The first-order valence-electron chi connectivity index (χ1n) is 10.9. The van der Waals surface area contributed by atoms with Gasteiger partial charge in [-0.1, -0.05) is 35.9 Å². The van der Waals surface area contributed by atoms with Gasteiger partial charge in [-0.3, -0.25) is 4.79 Å². The van der Waals surface area contributed by atoms with Gasteiger partial charge in [0.2, 0.25) is 0 Å². The summed E-state index contributed by atoms with van der Waals surface area (Å²) in [4.78, 5) is 23.9. The average Bonchev–Trinajstić information content (AvgIpc) is 2.80. The van der Waals surface area contributed by atoms with Crippen molar-refractivity contribution in [3.8, 4) is 17.2 Å². The Bertz CT molecular complexity index is 1180. The number of aliphatic carboxylic acids is 1. The normalized spacial score (nSPS) is 14.4. The molecule has 7 heteroatoms. The summed E-state index contributed by atoms with van der Waals surface area (Å²) in [6.45, 7) is 2.37. The number of aryl methyl sites for hydroxylation is 2. The number of hydrogen-bond acceptors (Lipinski definition) is 5. The minimum atomic E-state index is -1.15. The molecule has 1 aliphatic rings. The number of halogens is 1. The molecule has 34 heavy (non-hydrogen) atoms. The third-order valence-corrected chi connectivity index (χ3v) is 6.20. The zero-order valence-electron chi connectivity index (χ0n) is 19.3. The molecule has 1 aliphatic heterocycles. The summed E-state index contributed by atoms with van der Waals surface area (Å²) in [6, 6.07) is 18.3. The van der Waals surface area contributed by atoms with E-state index in [1.165, 1.54) is 11.1 Å². The molecule has 5 nitrogen and oxygen atoms in total. The number of carboxylic acids is 1.